The molecule has 1 atom stereocenters. The first-order chi connectivity index (χ1) is 15.3. The second-order valence-electron chi connectivity index (χ2n) is 9.12. The highest BCUT2D eigenvalue weighted by molar-refractivity contribution is 5.86. The fourth-order valence-electron chi connectivity index (χ4n) is 3.72. The molecule has 0 aliphatic carbocycles. The van der Waals surface area contributed by atoms with Crippen molar-refractivity contribution < 1.29 is 23.5 Å². The Morgan fingerprint density at radius 3 is 2.50 bits per heavy atom. The highest BCUT2D eigenvalue weighted by atomic mass is 16.5. The maximum Gasteiger partial charge on any atom is 0.249 e. The van der Waals surface area contributed by atoms with Gasteiger partial charge in [-0.25, -0.2) is 0 Å². The molecule has 7 nitrogen and oxygen atoms in total. The molecule has 1 aromatic heterocycles. The van der Waals surface area contributed by atoms with Crippen LogP contribution in [-0.2, 0) is 32.2 Å². The van der Waals surface area contributed by atoms with Gasteiger partial charge in [-0.2, -0.15) is 0 Å². The number of amides is 2. The van der Waals surface area contributed by atoms with Crippen molar-refractivity contribution in [2.24, 2.45) is 0 Å². The third kappa shape index (κ3) is 7.21. The van der Waals surface area contributed by atoms with Crippen LogP contribution in [0.1, 0.15) is 44.9 Å². The van der Waals surface area contributed by atoms with Crippen molar-refractivity contribution in [3.05, 3.63) is 60.1 Å². The van der Waals surface area contributed by atoms with Gasteiger partial charge in [0.05, 0.1) is 25.5 Å². The second-order valence-corrected chi connectivity index (χ2v) is 9.12. The van der Waals surface area contributed by atoms with E-state index in [1.165, 1.54) is 0 Å². The van der Waals surface area contributed by atoms with Crippen LogP contribution >= 0.6 is 0 Å². The van der Waals surface area contributed by atoms with Gasteiger partial charge in [0.2, 0.25) is 11.8 Å². The normalized spacial score (nSPS) is 16.2. The minimum Gasteiger partial charge on any atom is -0.467 e. The van der Waals surface area contributed by atoms with Crippen molar-refractivity contribution in [1.82, 2.24) is 9.80 Å². The van der Waals surface area contributed by atoms with Gasteiger partial charge in [-0.05, 0) is 51.3 Å². The Morgan fingerprint density at radius 1 is 1.09 bits per heavy atom. The minimum atomic E-state index is -0.525. The molecule has 2 heterocycles. The van der Waals surface area contributed by atoms with Crippen LogP contribution in [0.15, 0.2) is 53.1 Å². The van der Waals surface area contributed by atoms with Crippen molar-refractivity contribution in [1.29, 1.82) is 0 Å². The van der Waals surface area contributed by atoms with Gasteiger partial charge in [0.15, 0.2) is 0 Å². The van der Waals surface area contributed by atoms with Crippen LogP contribution in [0.4, 0.5) is 0 Å². The number of nitrogens with zero attached hydrogens (tertiary/aromatic N) is 2. The van der Waals surface area contributed by atoms with Gasteiger partial charge in [-0.3, -0.25) is 9.59 Å². The number of rotatable bonds is 10. The zero-order valence-electron chi connectivity index (χ0n) is 19.3. The van der Waals surface area contributed by atoms with E-state index in [0.29, 0.717) is 25.5 Å². The fourth-order valence-corrected chi connectivity index (χ4v) is 3.72. The molecule has 1 saturated heterocycles. The molecule has 1 fully saturated rings. The molecule has 1 aromatic carbocycles. The van der Waals surface area contributed by atoms with Crippen molar-refractivity contribution in [2.75, 3.05) is 26.3 Å². The van der Waals surface area contributed by atoms with Crippen LogP contribution in [0.3, 0.4) is 0 Å². The molecule has 3 rings (SSSR count). The summed E-state index contributed by atoms with van der Waals surface area (Å²) < 4.78 is 16.8. The predicted octanol–water partition coefficient (Wildman–Crippen LogP) is 3.63. The predicted molar refractivity (Wildman–Crippen MR) is 121 cm³/mol. The van der Waals surface area contributed by atoms with E-state index in [2.05, 4.69) is 0 Å². The molecule has 0 N–H and O–H groups in total. The van der Waals surface area contributed by atoms with E-state index in [0.717, 1.165) is 25.0 Å². The van der Waals surface area contributed by atoms with Crippen LogP contribution in [0.5, 0.6) is 0 Å². The molecule has 0 saturated carbocycles. The molecule has 1 aliphatic heterocycles. The minimum absolute atomic E-state index is 0.0157. The highest BCUT2D eigenvalue weighted by Crippen LogP contribution is 2.18. The first-order valence-electron chi connectivity index (χ1n) is 11.2. The van der Waals surface area contributed by atoms with Crippen molar-refractivity contribution in [2.45, 2.75) is 58.4 Å². The topological polar surface area (TPSA) is 72.2 Å². The van der Waals surface area contributed by atoms with E-state index in [9.17, 15) is 9.59 Å². The van der Waals surface area contributed by atoms with Crippen LogP contribution in [-0.4, -0.2) is 59.6 Å². The summed E-state index contributed by atoms with van der Waals surface area (Å²) in [5.41, 5.74) is 0.475. The summed E-state index contributed by atoms with van der Waals surface area (Å²) in [6.45, 7) is 7.57. The third-order valence-corrected chi connectivity index (χ3v) is 5.47. The van der Waals surface area contributed by atoms with Crippen molar-refractivity contribution in [3.8, 4) is 0 Å². The largest absolute Gasteiger partial charge is 0.467 e. The van der Waals surface area contributed by atoms with Gasteiger partial charge in [-0.1, -0.05) is 30.3 Å². The summed E-state index contributed by atoms with van der Waals surface area (Å²) in [4.78, 5) is 29.6. The van der Waals surface area contributed by atoms with Gasteiger partial charge in [-0.15, -0.1) is 0 Å². The summed E-state index contributed by atoms with van der Waals surface area (Å²) in [7, 11) is 0. The maximum absolute atomic E-state index is 13.3. The molecule has 0 radical (unpaired) electrons. The quantitative estimate of drug-likeness (QED) is 0.562. The summed E-state index contributed by atoms with van der Waals surface area (Å²) >= 11 is 0. The molecule has 2 aromatic rings. The van der Waals surface area contributed by atoms with Gasteiger partial charge in [0.25, 0.3) is 0 Å². The number of carbonyl (C=O) groups is 2. The molecule has 7 heteroatoms. The summed E-state index contributed by atoms with van der Waals surface area (Å²) in [5, 5.41) is 0. The highest BCUT2D eigenvalue weighted by Gasteiger charge is 2.31. The number of hydrogen-bond donors (Lipinski definition) is 0. The van der Waals surface area contributed by atoms with Crippen molar-refractivity contribution in [3.63, 3.8) is 0 Å². The molecule has 0 bridgehead atoms. The third-order valence-electron chi connectivity index (χ3n) is 5.47. The molecule has 0 unspecified atom stereocenters. The Bertz CT molecular complexity index is 839. The van der Waals surface area contributed by atoms with Crippen LogP contribution in [0.2, 0.25) is 0 Å². The number of ether oxygens (including phenoxy) is 2. The molecular formula is C25H34N2O5. The first kappa shape index (κ1) is 24.0. The Kier molecular flexibility index (Phi) is 8.47. The zero-order chi connectivity index (χ0) is 23.0. The van der Waals surface area contributed by atoms with Crippen LogP contribution < -0.4 is 0 Å². The smallest absolute Gasteiger partial charge is 0.249 e. The number of furan rings is 1. The Balaban J connectivity index is 1.63. The number of benzene rings is 1. The molecule has 2 amide bonds. The number of hydrogen-bond acceptors (Lipinski definition) is 5. The van der Waals surface area contributed by atoms with Gasteiger partial charge >= 0.3 is 0 Å². The summed E-state index contributed by atoms with van der Waals surface area (Å²) in [6.07, 6.45) is 3.54. The average Bonchev–Trinajstić information content (AvgIpc) is 3.45. The lowest BCUT2D eigenvalue weighted by atomic mass is 10.1. The van der Waals surface area contributed by atoms with Crippen LogP contribution in [0, 0.1) is 0 Å². The fraction of sp³-hybridized carbons (Fsp3) is 0.520. The monoisotopic (exact) mass is 442 g/mol. The van der Waals surface area contributed by atoms with E-state index in [1.807, 2.05) is 57.2 Å². The lowest BCUT2D eigenvalue weighted by molar-refractivity contribution is -0.149. The lowest BCUT2D eigenvalue weighted by Crippen LogP contribution is -2.52. The first-order valence-corrected chi connectivity index (χ1v) is 11.2. The molecule has 1 aliphatic rings. The standard InChI is InChI=1S/C25H34N2O5/c1-25(2,3)27(24(29)19-30-18-20-9-5-4-6-10-20)17-23(28)26(15-21-11-7-13-31-21)16-22-12-8-14-32-22/h4-7,9-11,13,22H,8,12,14-19H2,1-3H3/t22-/m1/s1. The number of carbonyl (C=O) groups excluding carboxylic acids is 2. The molecule has 174 valence electrons. The Labute approximate surface area is 190 Å². The van der Waals surface area contributed by atoms with E-state index >= 15 is 0 Å². The Hall–Kier alpha value is -2.64. The SMILES string of the molecule is CC(C)(C)N(CC(=O)N(Cc1ccco1)C[C@H]1CCCO1)C(=O)COCc1ccccc1. The van der Waals surface area contributed by atoms with E-state index < -0.39 is 5.54 Å². The van der Waals surface area contributed by atoms with Gasteiger partial charge in [0, 0.05) is 18.7 Å². The molecular weight excluding hydrogens is 408 g/mol. The van der Waals surface area contributed by atoms with Crippen molar-refractivity contribution >= 4 is 11.8 Å². The van der Waals surface area contributed by atoms with Gasteiger partial charge in [0.1, 0.15) is 18.9 Å². The zero-order valence-corrected chi connectivity index (χ0v) is 19.3. The molecule has 0 spiro atoms. The lowest BCUT2D eigenvalue weighted by Gasteiger charge is -2.37. The Morgan fingerprint density at radius 2 is 1.88 bits per heavy atom. The van der Waals surface area contributed by atoms with Gasteiger partial charge < -0.3 is 23.7 Å². The van der Waals surface area contributed by atoms with E-state index in [1.54, 1.807) is 22.1 Å². The summed E-state index contributed by atoms with van der Waals surface area (Å²) in [6, 6.07) is 13.4. The maximum atomic E-state index is 13.3. The van der Waals surface area contributed by atoms with Crippen LogP contribution in [0.25, 0.3) is 0 Å². The van der Waals surface area contributed by atoms with E-state index in [4.69, 9.17) is 13.9 Å². The van der Waals surface area contributed by atoms with E-state index in [-0.39, 0.29) is 31.1 Å². The molecule has 32 heavy (non-hydrogen) atoms. The average molecular weight is 443 g/mol. The second kappa shape index (κ2) is 11.3. The summed E-state index contributed by atoms with van der Waals surface area (Å²) in [5.74, 6) is 0.358.